The Morgan fingerprint density at radius 3 is 2.42 bits per heavy atom. The molecule has 0 radical (unpaired) electrons. The standard InChI is InChI=1S/C26H28N2O5/c1-16-22(13-12-20-19-6-4-5-7-21(19)26(31)33-24(16)20)32-15-23(29)27-14-17-8-10-18(11-9-17)25(30)28(2)3/h8-13H,4-7,14-15H2,1-3H3,(H,27,29). The summed E-state index contributed by atoms with van der Waals surface area (Å²) >= 11 is 0. The van der Waals surface area contributed by atoms with E-state index < -0.39 is 0 Å². The fourth-order valence-electron chi connectivity index (χ4n) is 4.20. The first-order valence-corrected chi connectivity index (χ1v) is 11.1. The molecule has 1 aromatic heterocycles. The fraction of sp³-hybridized carbons (Fsp3) is 0.346. The Labute approximate surface area is 192 Å². The Kier molecular flexibility index (Phi) is 6.49. The number of rotatable bonds is 6. The molecular formula is C26H28N2O5. The molecule has 4 rings (SSSR count). The molecule has 0 fully saturated rings. The maximum absolute atomic E-state index is 12.4. The van der Waals surface area contributed by atoms with Crippen LogP contribution in [0.15, 0.2) is 45.6 Å². The molecule has 0 spiro atoms. The van der Waals surface area contributed by atoms with Gasteiger partial charge in [-0.3, -0.25) is 9.59 Å². The molecule has 1 aliphatic rings. The lowest BCUT2D eigenvalue weighted by atomic mass is 9.90. The van der Waals surface area contributed by atoms with Crippen molar-refractivity contribution in [1.29, 1.82) is 0 Å². The number of hydrogen-bond acceptors (Lipinski definition) is 5. The van der Waals surface area contributed by atoms with Gasteiger partial charge in [0, 0.05) is 42.7 Å². The number of carbonyl (C=O) groups excluding carboxylic acids is 2. The van der Waals surface area contributed by atoms with Crippen LogP contribution in [0.2, 0.25) is 0 Å². The van der Waals surface area contributed by atoms with Gasteiger partial charge >= 0.3 is 5.63 Å². The van der Waals surface area contributed by atoms with Crippen molar-refractivity contribution < 1.29 is 18.7 Å². The zero-order valence-corrected chi connectivity index (χ0v) is 19.2. The Balaban J connectivity index is 1.39. The molecule has 2 aromatic carbocycles. The molecule has 33 heavy (non-hydrogen) atoms. The van der Waals surface area contributed by atoms with Crippen molar-refractivity contribution in [2.24, 2.45) is 0 Å². The molecule has 7 nitrogen and oxygen atoms in total. The molecule has 1 N–H and O–H groups in total. The van der Waals surface area contributed by atoms with E-state index >= 15 is 0 Å². The van der Waals surface area contributed by atoms with Crippen molar-refractivity contribution in [2.45, 2.75) is 39.2 Å². The van der Waals surface area contributed by atoms with Gasteiger partial charge < -0.3 is 19.4 Å². The molecule has 0 saturated carbocycles. The van der Waals surface area contributed by atoms with Crippen molar-refractivity contribution in [2.75, 3.05) is 20.7 Å². The largest absolute Gasteiger partial charge is 0.483 e. The number of amides is 2. The van der Waals surface area contributed by atoms with Crippen LogP contribution in [0.1, 0.15) is 45.5 Å². The number of ether oxygens (including phenoxy) is 1. The summed E-state index contributed by atoms with van der Waals surface area (Å²) in [5.74, 6) is 0.180. The number of carbonyl (C=O) groups is 2. The summed E-state index contributed by atoms with van der Waals surface area (Å²) in [6.07, 6.45) is 3.72. The lowest BCUT2D eigenvalue weighted by molar-refractivity contribution is -0.123. The summed E-state index contributed by atoms with van der Waals surface area (Å²) in [6.45, 7) is 2.01. The van der Waals surface area contributed by atoms with Gasteiger partial charge in [-0.1, -0.05) is 12.1 Å². The predicted octanol–water partition coefficient (Wildman–Crippen LogP) is 3.38. The van der Waals surface area contributed by atoms with Crippen LogP contribution in [-0.2, 0) is 24.2 Å². The molecule has 2 amide bonds. The second-order valence-corrected chi connectivity index (χ2v) is 8.58. The van der Waals surface area contributed by atoms with Gasteiger partial charge in [0.25, 0.3) is 11.8 Å². The minimum absolute atomic E-state index is 0.0684. The van der Waals surface area contributed by atoms with Crippen LogP contribution in [0, 0.1) is 6.92 Å². The van der Waals surface area contributed by atoms with Gasteiger partial charge in [-0.15, -0.1) is 0 Å². The number of benzene rings is 2. The lowest BCUT2D eigenvalue weighted by Crippen LogP contribution is -2.28. The Morgan fingerprint density at radius 2 is 1.73 bits per heavy atom. The first-order chi connectivity index (χ1) is 15.8. The number of nitrogens with zero attached hydrogens (tertiary/aromatic N) is 1. The van der Waals surface area contributed by atoms with Crippen LogP contribution >= 0.6 is 0 Å². The smallest absolute Gasteiger partial charge is 0.339 e. The summed E-state index contributed by atoms with van der Waals surface area (Å²) in [7, 11) is 3.41. The van der Waals surface area contributed by atoms with Gasteiger partial charge in [-0.05, 0) is 68.0 Å². The molecule has 0 unspecified atom stereocenters. The molecule has 172 valence electrons. The summed E-state index contributed by atoms with van der Waals surface area (Å²) in [5, 5.41) is 3.77. The van der Waals surface area contributed by atoms with Crippen LogP contribution in [0.4, 0.5) is 0 Å². The van der Waals surface area contributed by atoms with Crippen LogP contribution in [0.5, 0.6) is 5.75 Å². The predicted molar refractivity (Wildman–Crippen MR) is 126 cm³/mol. The SMILES string of the molecule is Cc1c(OCC(=O)NCc2ccc(C(=O)N(C)C)cc2)ccc2c3c(c(=O)oc12)CCCC3. The topological polar surface area (TPSA) is 88.9 Å². The normalized spacial score (nSPS) is 12.8. The van der Waals surface area contributed by atoms with E-state index in [-0.39, 0.29) is 24.0 Å². The monoisotopic (exact) mass is 448 g/mol. The number of nitrogens with one attached hydrogen (secondary N) is 1. The van der Waals surface area contributed by atoms with Gasteiger partial charge in [-0.25, -0.2) is 4.79 Å². The van der Waals surface area contributed by atoms with Gasteiger partial charge in [-0.2, -0.15) is 0 Å². The van der Waals surface area contributed by atoms with Crippen molar-refractivity contribution in [3.05, 3.63) is 74.6 Å². The quantitative estimate of drug-likeness (QED) is 0.584. The van der Waals surface area contributed by atoms with E-state index in [1.165, 1.54) is 4.90 Å². The number of hydrogen-bond donors (Lipinski definition) is 1. The average molecular weight is 449 g/mol. The van der Waals surface area contributed by atoms with Crippen LogP contribution < -0.4 is 15.7 Å². The van der Waals surface area contributed by atoms with Gasteiger partial charge in [0.15, 0.2) is 6.61 Å². The highest BCUT2D eigenvalue weighted by molar-refractivity contribution is 5.93. The van der Waals surface area contributed by atoms with Crippen molar-refractivity contribution in [3.8, 4) is 5.75 Å². The third-order valence-electron chi connectivity index (χ3n) is 6.05. The average Bonchev–Trinajstić information content (AvgIpc) is 2.82. The fourth-order valence-corrected chi connectivity index (χ4v) is 4.20. The summed E-state index contributed by atoms with van der Waals surface area (Å²) in [5.41, 5.74) is 4.33. The lowest BCUT2D eigenvalue weighted by Gasteiger charge is -2.18. The van der Waals surface area contributed by atoms with E-state index in [0.29, 0.717) is 29.0 Å². The highest BCUT2D eigenvalue weighted by Crippen LogP contribution is 2.32. The third-order valence-corrected chi connectivity index (χ3v) is 6.05. The van der Waals surface area contributed by atoms with E-state index in [9.17, 15) is 14.4 Å². The Morgan fingerprint density at radius 1 is 1.03 bits per heavy atom. The molecule has 0 saturated heterocycles. The van der Waals surface area contributed by atoms with Crippen molar-refractivity contribution in [1.82, 2.24) is 10.2 Å². The molecule has 7 heteroatoms. The summed E-state index contributed by atoms with van der Waals surface area (Å²) in [4.78, 5) is 38.2. The second kappa shape index (κ2) is 9.48. The molecule has 3 aromatic rings. The molecule has 0 aliphatic heterocycles. The third kappa shape index (κ3) is 4.77. The van der Waals surface area contributed by atoms with Gasteiger partial charge in [0.05, 0.1) is 0 Å². The van der Waals surface area contributed by atoms with Gasteiger partial charge in [0.2, 0.25) is 0 Å². The van der Waals surface area contributed by atoms with E-state index in [1.54, 1.807) is 26.2 Å². The van der Waals surface area contributed by atoms with Crippen molar-refractivity contribution in [3.63, 3.8) is 0 Å². The number of aryl methyl sites for hydroxylation is 2. The number of fused-ring (bicyclic) bond motifs is 3. The highest BCUT2D eigenvalue weighted by Gasteiger charge is 2.20. The van der Waals surface area contributed by atoms with E-state index in [4.69, 9.17) is 9.15 Å². The molecular weight excluding hydrogens is 420 g/mol. The maximum Gasteiger partial charge on any atom is 0.339 e. The molecule has 0 atom stereocenters. The Hall–Kier alpha value is -3.61. The second-order valence-electron chi connectivity index (χ2n) is 8.58. The first kappa shape index (κ1) is 22.6. The van der Waals surface area contributed by atoms with Crippen LogP contribution in [0.3, 0.4) is 0 Å². The molecule has 1 aliphatic carbocycles. The minimum atomic E-state index is -0.270. The summed E-state index contributed by atoms with van der Waals surface area (Å²) < 4.78 is 11.4. The first-order valence-electron chi connectivity index (χ1n) is 11.1. The minimum Gasteiger partial charge on any atom is -0.483 e. The van der Waals surface area contributed by atoms with Crippen LogP contribution in [-0.4, -0.2) is 37.4 Å². The zero-order chi connectivity index (χ0) is 23.5. The van der Waals surface area contributed by atoms with Crippen LogP contribution in [0.25, 0.3) is 11.0 Å². The highest BCUT2D eigenvalue weighted by atomic mass is 16.5. The molecule has 0 bridgehead atoms. The maximum atomic E-state index is 12.4. The van der Waals surface area contributed by atoms with E-state index in [0.717, 1.165) is 47.8 Å². The van der Waals surface area contributed by atoms with E-state index in [2.05, 4.69) is 5.32 Å². The summed E-state index contributed by atoms with van der Waals surface area (Å²) in [6, 6.07) is 10.9. The molecule has 1 heterocycles. The van der Waals surface area contributed by atoms with Crippen molar-refractivity contribution >= 4 is 22.8 Å². The van der Waals surface area contributed by atoms with E-state index in [1.807, 2.05) is 31.2 Å². The zero-order valence-electron chi connectivity index (χ0n) is 19.2. The van der Waals surface area contributed by atoms with Gasteiger partial charge in [0.1, 0.15) is 11.3 Å². The Bertz CT molecular complexity index is 1260.